The van der Waals surface area contributed by atoms with Crippen molar-refractivity contribution in [1.29, 1.82) is 0 Å². The van der Waals surface area contributed by atoms with E-state index in [0.717, 1.165) is 5.39 Å². The Morgan fingerprint density at radius 1 is 1.60 bits per heavy atom. The highest BCUT2D eigenvalue weighted by Crippen LogP contribution is 2.25. The molecule has 0 aliphatic heterocycles. The molecule has 0 bridgehead atoms. The third-order valence-electron chi connectivity index (χ3n) is 2.32. The molecule has 5 nitrogen and oxygen atoms in total. The molecule has 1 N–H and O–H groups in total. The van der Waals surface area contributed by atoms with Gasteiger partial charge in [-0.3, -0.25) is 0 Å². The number of aromatic carboxylic acids is 1. The molecular weight excluding hydrogens is 196 g/mol. The summed E-state index contributed by atoms with van der Waals surface area (Å²) in [7, 11) is 3.19. The summed E-state index contributed by atoms with van der Waals surface area (Å²) in [6.45, 7) is 0. The average Bonchev–Trinajstić information content (AvgIpc) is 2.56. The number of aromatic nitrogens is 2. The Morgan fingerprint density at radius 2 is 2.33 bits per heavy atom. The number of carboxylic acids is 1. The molecule has 15 heavy (non-hydrogen) atoms. The lowest BCUT2D eigenvalue weighted by Crippen LogP contribution is -2.04. The van der Waals surface area contributed by atoms with E-state index in [-0.39, 0.29) is 5.69 Å². The molecule has 5 heteroatoms. The maximum absolute atomic E-state index is 10.9. The van der Waals surface area contributed by atoms with Gasteiger partial charge in [0.05, 0.1) is 7.11 Å². The third kappa shape index (κ3) is 1.32. The summed E-state index contributed by atoms with van der Waals surface area (Å²) in [6.07, 6.45) is 1.59. The normalized spacial score (nSPS) is 10.5. The molecule has 0 unspecified atom stereocenters. The Labute approximate surface area is 85.9 Å². The van der Waals surface area contributed by atoms with Crippen molar-refractivity contribution in [3.8, 4) is 5.88 Å². The van der Waals surface area contributed by atoms with E-state index >= 15 is 0 Å². The van der Waals surface area contributed by atoms with Crippen LogP contribution in [0.5, 0.6) is 5.88 Å². The number of hydrogen-bond donors (Lipinski definition) is 1. The standard InChI is InChI=1S/C10H10N2O3/c1-12-7(10(13)14)5-6-3-4-11-9(15-2)8(6)12/h3-5H,1-2H3,(H,13,14). The second kappa shape index (κ2) is 3.27. The van der Waals surface area contributed by atoms with Crippen LogP contribution in [-0.2, 0) is 7.05 Å². The van der Waals surface area contributed by atoms with Crippen LogP contribution in [0.15, 0.2) is 18.3 Å². The summed E-state index contributed by atoms with van der Waals surface area (Å²) in [4.78, 5) is 14.9. The van der Waals surface area contributed by atoms with E-state index < -0.39 is 5.97 Å². The Hall–Kier alpha value is -2.04. The van der Waals surface area contributed by atoms with Crippen molar-refractivity contribution >= 4 is 16.9 Å². The van der Waals surface area contributed by atoms with Crippen LogP contribution in [0, 0.1) is 0 Å². The number of rotatable bonds is 2. The monoisotopic (exact) mass is 206 g/mol. The lowest BCUT2D eigenvalue weighted by Gasteiger charge is -2.03. The molecule has 0 amide bonds. The topological polar surface area (TPSA) is 64.3 Å². The predicted molar refractivity (Wildman–Crippen MR) is 54.2 cm³/mol. The summed E-state index contributed by atoms with van der Waals surface area (Å²) in [5, 5.41) is 9.76. The van der Waals surface area contributed by atoms with Crippen LogP contribution in [-0.4, -0.2) is 27.7 Å². The molecule has 0 aliphatic rings. The van der Waals surface area contributed by atoms with Crippen molar-refractivity contribution in [2.45, 2.75) is 0 Å². The van der Waals surface area contributed by atoms with Gasteiger partial charge in [-0.1, -0.05) is 0 Å². The molecule has 2 aromatic rings. The lowest BCUT2D eigenvalue weighted by atomic mass is 10.3. The number of fused-ring (bicyclic) bond motifs is 1. The quantitative estimate of drug-likeness (QED) is 0.803. The van der Waals surface area contributed by atoms with E-state index in [1.807, 2.05) is 0 Å². The van der Waals surface area contributed by atoms with Crippen LogP contribution < -0.4 is 4.74 Å². The summed E-state index contributed by atoms with van der Waals surface area (Å²) >= 11 is 0. The molecule has 2 aromatic heterocycles. The number of nitrogens with zero attached hydrogens (tertiary/aromatic N) is 2. The molecule has 0 aliphatic carbocycles. The smallest absolute Gasteiger partial charge is 0.352 e. The Morgan fingerprint density at radius 3 is 2.93 bits per heavy atom. The minimum absolute atomic E-state index is 0.219. The highest BCUT2D eigenvalue weighted by molar-refractivity contribution is 5.96. The molecule has 2 heterocycles. The van der Waals surface area contributed by atoms with Crippen molar-refractivity contribution in [3.05, 3.63) is 24.0 Å². The fourth-order valence-electron chi connectivity index (χ4n) is 1.62. The van der Waals surface area contributed by atoms with Gasteiger partial charge in [0.25, 0.3) is 0 Å². The first-order valence-corrected chi connectivity index (χ1v) is 4.37. The number of ether oxygens (including phenoxy) is 1. The number of hydrogen-bond acceptors (Lipinski definition) is 3. The summed E-state index contributed by atoms with van der Waals surface area (Å²) in [5.41, 5.74) is 0.911. The minimum Gasteiger partial charge on any atom is -0.479 e. The van der Waals surface area contributed by atoms with E-state index in [1.165, 1.54) is 7.11 Å². The second-order valence-corrected chi connectivity index (χ2v) is 3.15. The van der Waals surface area contributed by atoms with Crippen LogP contribution in [0.3, 0.4) is 0 Å². The molecule has 78 valence electrons. The fraction of sp³-hybridized carbons (Fsp3) is 0.200. The SMILES string of the molecule is COc1nccc2cc(C(=O)O)n(C)c12. The highest BCUT2D eigenvalue weighted by atomic mass is 16.5. The van der Waals surface area contributed by atoms with Crippen LogP contribution >= 0.6 is 0 Å². The maximum Gasteiger partial charge on any atom is 0.352 e. The van der Waals surface area contributed by atoms with E-state index in [4.69, 9.17) is 9.84 Å². The molecule has 0 saturated heterocycles. The molecule has 2 rings (SSSR count). The van der Waals surface area contributed by atoms with Crippen molar-refractivity contribution in [3.63, 3.8) is 0 Å². The Kier molecular flexibility index (Phi) is 2.07. The Bertz CT molecular complexity index is 531. The van der Waals surface area contributed by atoms with Crippen LogP contribution in [0.2, 0.25) is 0 Å². The van der Waals surface area contributed by atoms with Crippen molar-refractivity contribution in [2.75, 3.05) is 7.11 Å². The van der Waals surface area contributed by atoms with Gasteiger partial charge < -0.3 is 14.4 Å². The molecule has 0 aromatic carbocycles. The van der Waals surface area contributed by atoms with Gasteiger partial charge >= 0.3 is 5.97 Å². The van der Waals surface area contributed by atoms with Gasteiger partial charge in [0.1, 0.15) is 11.2 Å². The highest BCUT2D eigenvalue weighted by Gasteiger charge is 2.15. The number of methoxy groups -OCH3 is 1. The third-order valence-corrected chi connectivity index (χ3v) is 2.32. The Balaban J connectivity index is 2.82. The minimum atomic E-state index is -0.962. The van der Waals surface area contributed by atoms with E-state index in [9.17, 15) is 4.79 Å². The van der Waals surface area contributed by atoms with Crippen LogP contribution in [0.4, 0.5) is 0 Å². The zero-order valence-corrected chi connectivity index (χ0v) is 8.39. The molecule has 0 spiro atoms. The zero-order valence-electron chi connectivity index (χ0n) is 8.39. The first-order valence-electron chi connectivity index (χ1n) is 4.37. The first kappa shape index (κ1) is 9.51. The number of aryl methyl sites for hydroxylation is 1. The van der Waals surface area contributed by atoms with Crippen molar-refractivity contribution in [1.82, 2.24) is 9.55 Å². The maximum atomic E-state index is 10.9. The van der Waals surface area contributed by atoms with E-state index in [1.54, 1.807) is 29.9 Å². The summed E-state index contributed by atoms with van der Waals surface area (Å²) in [5.74, 6) is -0.529. The van der Waals surface area contributed by atoms with Gasteiger partial charge in [-0.05, 0) is 12.1 Å². The molecule has 0 radical (unpaired) electrons. The second-order valence-electron chi connectivity index (χ2n) is 3.15. The zero-order chi connectivity index (χ0) is 11.0. The number of carboxylic acid groups (broad SMARTS) is 1. The molecule has 0 fully saturated rings. The van der Waals surface area contributed by atoms with Gasteiger partial charge in [-0.2, -0.15) is 0 Å². The summed E-state index contributed by atoms with van der Waals surface area (Å²) < 4.78 is 6.64. The first-order chi connectivity index (χ1) is 7.15. The van der Waals surface area contributed by atoms with Crippen LogP contribution in [0.1, 0.15) is 10.5 Å². The predicted octanol–water partition coefficient (Wildman–Crippen LogP) is 1.28. The van der Waals surface area contributed by atoms with Crippen molar-refractivity contribution < 1.29 is 14.6 Å². The largest absolute Gasteiger partial charge is 0.479 e. The fourth-order valence-corrected chi connectivity index (χ4v) is 1.62. The summed E-state index contributed by atoms with van der Waals surface area (Å²) in [6, 6.07) is 3.35. The van der Waals surface area contributed by atoms with E-state index in [2.05, 4.69) is 4.98 Å². The lowest BCUT2D eigenvalue weighted by molar-refractivity contribution is 0.0687. The van der Waals surface area contributed by atoms with E-state index in [0.29, 0.717) is 11.4 Å². The average molecular weight is 206 g/mol. The van der Waals surface area contributed by atoms with Crippen LogP contribution in [0.25, 0.3) is 10.9 Å². The number of pyridine rings is 1. The van der Waals surface area contributed by atoms with Gasteiger partial charge in [0.15, 0.2) is 0 Å². The molecular formula is C10H10N2O3. The number of carbonyl (C=O) groups is 1. The van der Waals surface area contributed by atoms with Gasteiger partial charge in [0.2, 0.25) is 5.88 Å². The van der Waals surface area contributed by atoms with Gasteiger partial charge in [-0.25, -0.2) is 9.78 Å². The molecule has 0 saturated carbocycles. The van der Waals surface area contributed by atoms with Gasteiger partial charge in [-0.15, -0.1) is 0 Å². The van der Waals surface area contributed by atoms with Crippen molar-refractivity contribution in [2.24, 2.45) is 7.05 Å². The molecule has 0 atom stereocenters. The van der Waals surface area contributed by atoms with Gasteiger partial charge in [0, 0.05) is 18.6 Å².